The van der Waals surface area contributed by atoms with Gasteiger partial charge in [-0.25, -0.2) is 0 Å². The largest absolute Gasteiger partial charge is 0.334 e. The Labute approximate surface area is 125 Å². The van der Waals surface area contributed by atoms with Crippen molar-refractivity contribution in [1.82, 2.24) is 9.88 Å². The van der Waals surface area contributed by atoms with Gasteiger partial charge < -0.3 is 4.90 Å². The topological polar surface area (TPSA) is 33.2 Å². The molecule has 0 fully saturated rings. The van der Waals surface area contributed by atoms with E-state index in [0.29, 0.717) is 23.7 Å². The average molecular weight is 315 g/mol. The van der Waals surface area contributed by atoms with Crippen molar-refractivity contribution >= 4 is 40.4 Å². The highest BCUT2D eigenvalue weighted by Crippen LogP contribution is 2.24. The summed E-state index contributed by atoms with van der Waals surface area (Å²) in [6.45, 7) is 3.05. The van der Waals surface area contributed by atoms with E-state index in [1.165, 1.54) is 17.5 Å². The summed E-state index contributed by atoms with van der Waals surface area (Å²) < 4.78 is 0.720. The molecule has 0 aromatic carbocycles. The first kappa shape index (κ1) is 14.3. The molecule has 0 spiro atoms. The summed E-state index contributed by atoms with van der Waals surface area (Å²) in [4.78, 5) is 19.1. The van der Waals surface area contributed by atoms with Gasteiger partial charge in [-0.1, -0.05) is 23.2 Å². The van der Waals surface area contributed by atoms with E-state index in [2.05, 4.69) is 4.98 Å². The van der Waals surface area contributed by atoms with Crippen molar-refractivity contribution in [2.75, 3.05) is 6.54 Å². The summed E-state index contributed by atoms with van der Waals surface area (Å²) in [6.07, 6.45) is 3.06. The molecule has 0 bridgehead atoms. The van der Waals surface area contributed by atoms with Crippen LogP contribution in [0.15, 0.2) is 30.6 Å². The van der Waals surface area contributed by atoms with E-state index < -0.39 is 0 Å². The summed E-state index contributed by atoms with van der Waals surface area (Å²) in [5.74, 6) is -0.120. The number of carbonyl (C=O) groups excluding carboxylic acids is 1. The Hall–Kier alpha value is -1.10. The molecule has 0 saturated carbocycles. The first-order valence-electron chi connectivity index (χ1n) is 5.74. The van der Waals surface area contributed by atoms with Crippen LogP contribution in [0.2, 0.25) is 9.36 Å². The lowest BCUT2D eigenvalue weighted by Gasteiger charge is -2.20. The van der Waals surface area contributed by atoms with Gasteiger partial charge in [0, 0.05) is 23.8 Å². The van der Waals surface area contributed by atoms with Crippen LogP contribution in [0.4, 0.5) is 0 Å². The number of rotatable bonds is 4. The molecule has 100 valence electrons. The second-order valence-electron chi connectivity index (χ2n) is 3.88. The van der Waals surface area contributed by atoms with Crippen LogP contribution in [0.3, 0.4) is 0 Å². The molecule has 19 heavy (non-hydrogen) atoms. The van der Waals surface area contributed by atoms with Crippen molar-refractivity contribution in [2.24, 2.45) is 0 Å². The van der Waals surface area contributed by atoms with Crippen molar-refractivity contribution in [2.45, 2.75) is 13.5 Å². The predicted molar refractivity (Wildman–Crippen MR) is 79.0 cm³/mol. The van der Waals surface area contributed by atoms with E-state index in [-0.39, 0.29) is 5.91 Å². The molecule has 0 radical (unpaired) electrons. The summed E-state index contributed by atoms with van der Waals surface area (Å²) in [5, 5.41) is 0.419. The Morgan fingerprint density at radius 3 is 2.74 bits per heavy atom. The number of halogens is 2. The molecule has 0 N–H and O–H groups in total. The first-order chi connectivity index (χ1) is 9.11. The normalized spacial score (nSPS) is 10.5. The Bertz CT molecular complexity index is 586. The third-order valence-corrected chi connectivity index (χ3v) is 4.19. The zero-order valence-corrected chi connectivity index (χ0v) is 12.6. The zero-order valence-electron chi connectivity index (χ0n) is 10.3. The van der Waals surface area contributed by atoms with Crippen molar-refractivity contribution in [3.05, 3.63) is 50.4 Å². The number of thiophene rings is 1. The number of aromatic nitrogens is 1. The van der Waals surface area contributed by atoms with E-state index in [0.717, 1.165) is 9.21 Å². The van der Waals surface area contributed by atoms with E-state index >= 15 is 0 Å². The fourth-order valence-electron chi connectivity index (χ4n) is 1.66. The quantitative estimate of drug-likeness (QED) is 0.850. The molecule has 0 saturated heterocycles. The van der Waals surface area contributed by atoms with Gasteiger partial charge in [0.05, 0.1) is 21.5 Å². The fraction of sp³-hybridized carbons (Fsp3) is 0.231. The Morgan fingerprint density at radius 1 is 1.37 bits per heavy atom. The number of hydrogen-bond acceptors (Lipinski definition) is 3. The molecule has 1 amide bonds. The van der Waals surface area contributed by atoms with Gasteiger partial charge in [-0.2, -0.15) is 0 Å². The average Bonchev–Trinajstić information content (AvgIpc) is 2.81. The Kier molecular flexibility index (Phi) is 4.80. The lowest BCUT2D eigenvalue weighted by molar-refractivity contribution is 0.0754. The van der Waals surface area contributed by atoms with Crippen molar-refractivity contribution < 1.29 is 4.79 Å². The molecule has 2 aromatic rings. The second-order valence-corrected chi connectivity index (χ2v) is 6.09. The van der Waals surface area contributed by atoms with Crippen LogP contribution in [-0.2, 0) is 6.54 Å². The smallest absolute Gasteiger partial charge is 0.257 e. The van der Waals surface area contributed by atoms with Gasteiger partial charge in [-0.05, 0) is 25.1 Å². The lowest BCUT2D eigenvalue weighted by atomic mass is 10.2. The van der Waals surface area contributed by atoms with Gasteiger partial charge >= 0.3 is 0 Å². The maximum atomic E-state index is 12.4. The number of amides is 1. The van der Waals surface area contributed by atoms with Crippen molar-refractivity contribution in [1.29, 1.82) is 0 Å². The van der Waals surface area contributed by atoms with Crippen molar-refractivity contribution in [3.63, 3.8) is 0 Å². The molecule has 2 rings (SSSR count). The maximum absolute atomic E-state index is 12.4. The van der Waals surface area contributed by atoms with Gasteiger partial charge in [0.15, 0.2) is 0 Å². The molecule has 0 atom stereocenters. The summed E-state index contributed by atoms with van der Waals surface area (Å²) in [6, 6.07) is 5.37. The zero-order chi connectivity index (χ0) is 13.8. The van der Waals surface area contributed by atoms with E-state index in [1.54, 1.807) is 17.2 Å². The Morgan fingerprint density at radius 2 is 2.16 bits per heavy atom. The molecular formula is C13H12Cl2N2OS. The third kappa shape index (κ3) is 3.47. The highest BCUT2D eigenvalue weighted by atomic mass is 35.5. The van der Waals surface area contributed by atoms with E-state index in [1.807, 2.05) is 19.1 Å². The van der Waals surface area contributed by atoms with Crippen LogP contribution in [0.25, 0.3) is 0 Å². The lowest BCUT2D eigenvalue weighted by Crippen LogP contribution is -2.30. The Balaban J connectivity index is 2.18. The van der Waals surface area contributed by atoms with Gasteiger partial charge in [0.25, 0.3) is 5.91 Å². The minimum absolute atomic E-state index is 0.120. The van der Waals surface area contributed by atoms with E-state index in [9.17, 15) is 4.79 Å². The van der Waals surface area contributed by atoms with Crippen molar-refractivity contribution in [3.8, 4) is 0 Å². The number of carbonyl (C=O) groups is 1. The highest BCUT2D eigenvalue weighted by Gasteiger charge is 2.18. The third-order valence-electron chi connectivity index (χ3n) is 2.64. The molecule has 0 unspecified atom stereocenters. The van der Waals surface area contributed by atoms with Gasteiger partial charge in [-0.3, -0.25) is 9.78 Å². The van der Waals surface area contributed by atoms with Gasteiger partial charge in [-0.15, -0.1) is 11.3 Å². The highest BCUT2D eigenvalue weighted by molar-refractivity contribution is 7.16. The number of pyridine rings is 1. The van der Waals surface area contributed by atoms with Crippen LogP contribution in [0.5, 0.6) is 0 Å². The summed E-state index contributed by atoms with van der Waals surface area (Å²) >= 11 is 13.4. The standard InChI is InChI=1S/C13H12Cl2N2OS/c1-2-17(8-9-3-4-12(15)19-9)13(18)10-7-16-6-5-11(10)14/h3-7H,2,8H2,1H3. The summed E-state index contributed by atoms with van der Waals surface area (Å²) in [5.41, 5.74) is 0.425. The number of hydrogen-bond donors (Lipinski definition) is 0. The molecular weight excluding hydrogens is 303 g/mol. The van der Waals surface area contributed by atoms with Crippen LogP contribution >= 0.6 is 34.5 Å². The molecule has 2 aromatic heterocycles. The molecule has 3 nitrogen and oxygen atoms in total. The fourth-order valence-corrected chi connectivity index (χ4v) is 2.95. The van der Waals surface area contributed by atoms with Gasteiger partial charge in [0.2, 0.25) is 0 Å². The van der Waals surface area contributed by atoms with E-state index in [4.69, 9.17) is 23.2 Å². The van der Waals surface area contributed by atoms with Crippen LogP contribution in [0, 0.1) is 0 Å². The molecule has 0 aliphatic rings. The number of nitrogens with zero attached hydrogens (tertiary/aromatic N) is 2. The minimum Gasteiger partial charge on any atom is -0.334 e. The van der Waals surface area contributed by atoms with Crippen LogP contribution < -0.4 is 0 Å². The van der Waals surface area contributed by atoms with Crippen LogP contribution in [0.1, 0.15) is 22.2 Å². The molecule has 0 aliphatic carbocycles. The van der Waals surface area contributed by atoms with Gasteiger partial charge in [0.1, 0.15) is 0 Å². The first-order valence-corrected chi connectivity index (χ1v) is 7.32. The molecule has 6 heteroatoms. The SMILES string of the molecule is CCN(Cc1ccc(Cl)s1)C(=O)c1cnccc1Cl. The minimum atomic E-state index is -0.120. The molecule has 2 heterocycles. The summed E-state index contributed by atoms with van der Waals surface area (Å²) in [7, 11) is 0. The second kappa shape index (κ2) is 6.37. The molecule has 0 aliphatic heterocycles. The maximum Gasteiger partial charge on any atom is 0.257 e. The predicted octanol–water partition coefficient (Wildman–Crippen LogP) is 4.11. The van der Waals surface area contributed by atoms with Crippen LogP contribution in [-0.4, -0.2) is 22.3 Å². The monoisotopic (exact) mass is 314 g/mol.